The highest BCUT2D eigenvalue weighted by Crippen LogP contribution is 2.30. The lowest BCUT2D eigenvalue weighted by atomic mass is 10.1. The Kier molecular flexibility index (Phi) is 5.35. The molecular weight excluding hydrogens is 349 g/mol. The van der Waals surface area contributed by atoms with Crippen LogP contribution in [-0.4, -0.2) is 25.6 Å². The van der Waals surface area contributed by atoms with Crippen LogP contribution in [0.2, 0.25) is 0 Å². The van der Waals surface area contributed by atoms with Gasteiger partial charge in [0.25, 0.3) is 0 Å². The van der Waals surface area contributed by atoms with Gasteiger partial charge in [-0.1, -0.05) is 24.8 Å². The average Bonchev–Trinajstić information content (AvgIpc) is 3.00. The van der Waals surface area contributed by atoms with E-state index in [-0.39, 0.29) is 17.2 Å². The van der Waals surface area contributed by atoms with Crippen molar-refractivity contribution >= 4 is 17.9 Å². The van der Waals surface area contributed by atoms with Gasteiger partial charge in [0.2, 0.25) is 5.90 Å². The largest absolute Gasteiger partial charge is 0.493 e. The highest BCUT2D eigenvalue weighted by Gasteiger charge is 2.26. The summed E-state index contributed by atoms with van der Waals surface area (Å²) in [6.45, 7) is 5.99. The summed E-state index contributed by atoms with van der Waals surface area (Å²) >= 11 is 0. The molecule has 6 heteroatoms. The molecule has 0 spiro atoms. The number of cyclic esters (lactones) is 1. The van der Waals surface area contributed by atoms with Crippen LogP contribution in [0.25, 0.3) is 6.08 Å². The fourth-order valence-corrected chi connectivity index (χ4v) is 2.41. The maximum absolute atomic E-state index is 13.9. The van der Waals surface area contributed by atoms with E-state index in [2.05, 4.69) is 11.6 Å². The zero-order chi connectivity index (χ0) is 19.4. The second-order valence-electron chi connectivity index (χ2n) is 5.97. The molecule has 0 fully saturated rings. The first kappa shape index (κ1) is 18.4. The molecule has 3 rings (SSSR count). The normalized spacial score (nSPS) is 14.7. The summed E-state index contributed by atoms with van der Waals surface area (Å²) in [6, 6.07) is 11.2. The lowest BCUT2D eigenvalue weighted by Crippen LogP contribution is -2.07. The summed E-state index contributed by atoms with van der Waals surface area (Å²) in [7, 11) is 1.54. The van der Waals surface area contributed by atoms with Gasteiger partial charge in [0, 0.05) is 0 Å². The lowest BCUT2D eigenvalue weighted by Gasteiger charge is -2.11. The molecule has 138 valence electrons. The molecule has 0 unspecified atom stereocenters. The van der Waals surface area contributed by atoms with Crippen molar-refractivity contribution in [1.82, 2.24) is 0 Å². The van der Waals surface area contributed by atoms with E-state index in [4.69, 9.17) is 14.2 Å². The predicted octanol–water partition coefficient (Wildman–Crippen LogP) is 4.13. The van der Waals surface area contributed by atoms with Gasteiger partial charge in [-0.25, -0.2) is 14.2 Å². The topological polar surface area (TPSA) is 57.1 Å². The molecule has 1 aliphatic rings. The van der Waals surface area contributed by atoms with E-state index in [1.807, 2.05) is 6.92 Å². The van der Waals surface area contributed by atoms with Gasteiger partial charge in [-0.3, -0.25) is 0 Å². The molecule has 0 saturated carbocycles. The number of esters is 1. The van der Waals surface area contributed by atoms with Crippen molar-refractivity contribution in [1.29, 1.82) is 0 Å². The molecule has 1 aliphatic heterocycles. The van der Waals surface area contributed by atoms with Crippen LogP contribution in [-0.2, 0) is 9.53 Å². The smallest absolute Gasteiger partial charge is 0.363 e. The zero-order valence-corrected chi connectivity index (χ0v) is 15.0. The number of benzene rings is 2. The Morgan fingerprint density at radius 2 is 2.04 bits per heavy atom. The number of aliphatic imine (C=N–C) groups is 1. The van der Waals surface area contributed by atoms with Crippen LogP contribution < -0.4 is 9.47 Å². The van der Waals surface area contributed by atoms with Gasteiger partial charge < -0.3 is 14.2 Å². The Balaban J connectivity index is 1.91. The minimum Gasteiger partial charge on any atom is -0.493 e. The first-order valence-corrected chi connectivity index (χ1v) is 8.20. The van der Waals surface area contributed by atoms with Crippen LogP contribution in [0.1, 0.15) is 18.1 Å². The van der Waals surface area contributed by atoms with Crippen molar-refractivity contribution < 1.29 is 23.4 Å². The lowest BCUT2D eigenvalue weighted by molar-refractivity contribution is -0.129. The van der Waals surface area contributed by atoms with Gasteiger partial charge in [0.1, 0.15) is 12.4 Å². The van der Waals surface area contributed by atoms with E-state index < -0.39 is 11.8 Å². The summed E-state index contributed by atoms with van der Waals surface area (Å²) in [5, 5.41) is 0. The van der Waals surface area contributed by atoms with Gasteiger partial charge in [-0.05, 0) is 48.4 Å². The molecule has 0 aromatic heterocycles. The number of ether oxygens (including phenoxy) is 3. The van der Waals surface area contributed by atoms with Crippen LogP contribution in [0.15, 0.2) is 65.3 Å². The Bertz CT molecular complexity index is 962. The van der Waals surface area contributed by atoms with Crippen molar-refractivity contribution in [2.75, 3.05) is 13.7 Å². The molecule has 2 aromatic rings. The van der Waals surface area contributed by atoms with E-state index in [0.717, 1.165) is 5.57 Å². The Labute approximate surface area is 156 Å². The first-order chi connectivity index (χ1) is 13.0. The maximum Gasteiger partial charge on any atom is 0.363 e. The highest BCUT2D eigenvalue weighted by atomic mass is 19.1. The fraction of sp³-hybridized carbons (Fsp3) is 0.143. The van der Waals surface area contributed by atoms with Gasteiger partial charge in [0.05, 0.1) is 12.7 Å². The number of rotatable bonds is 6. The minimum absolute atomic E-state index is 0.0587. The Hall–Kier alpha value is -3.41. The molecule has 1 heterocycles. The third kappa shape index (κ3) is 4.23. The molecule has 0 saturated heterocycles. The number of carbonyl (C=O) groups is 1. The van der Waals surface area contributed by atoms with Crippen LogP contribution in [0.4, 0.5) is 4.39 Å². The second kappa shape index (κ2) is 7.86. The average molecular weight is 367 g/mol. The van der Waals surface area contributed by atoms with E-state index in [1.54, 1.807) is 43.5 Å². The van der Waals surface area contributed by atoms with E-state index in [1.165, 1.54) is 12.1 Å². The SMILES string of the molecule is C=C(C)COc1cc(/C=C2\N=C(c3ccccc3F)OC2=O)ccc1OC. The molecule has 0 N–H and O–H groups in total. The molecule has 0 bridgehead atoms. The van der Waals surface area contributed by atoms with Crippen molar-refractivity contribution in [2.24, 2.45) is 4.99 Å². The number of hydrogen-bond acceptors (Lipinski definition) is 5. The van der Waals surface area contributed by atoms with E-state index >= 15 is 0 Å². The van der Waals surface area contributed by atoms with Gasteiger partial charge in [-0.15, -0.1) is 0 Å². The second-order valence-corrected chi connectivity index (χ2v) is 5.97. The fourth-order valence-electron chi connectivity index (χ4n) is 2.41. The Morgan fingerprint density at radius 3 is 2.74 bits per heavy atom. The third-order valence-electron chi connectivity index (χ3n) is 3.69. The maximum atomic E-state index is 13.9. The minimum atomic E-state index is -0.645. The van der Waals surface area contributed by atoms with Crippen LogP contribution in [0.5, 0.6) is 11.5 Å². The summed E-state index contributed by atoms with van der Waals surface area (Å²) in [6.07, 6.45) is 1.54. The van der Waals surface area contributed by atoms with Crippen molar-refractivity contribution in [3.63, 3.8) is 0 Å². The van der Waals surface area contributed by atoms with E-state index in [9.17, 15) is 9.18 Å². The molecule has 0 radical (unpaired) electrons. The van der Waals surface area contributed by atoms with Gasteiger partial charge >= 0.3 is 5.97 Å². The van der Waals surface area contributed by atoms with Crippen molar-refractivity contribution in [3.8, 4) is 11.5 Å². The number of halogens is 1. The third-order valence-corrected chi connectivity index (χ3v) is 3.69. The molecular formula is C21H18FNO4. The number of hydrogen-bond donors (Lipinski definition) is 0. The van der Waals surface area contributed by atoms with Crippen LogP contribution in [0.3, 0.4) is 0 Å². The summed E-state index contributed by atoms with van der Waals surface area (Å²) < 4.78 is 29.9. The molecule has 0 aliphatic carbocycles. The Morgan fingerprint density at radius 1 is 1.26 bits per heavy atom. The van der Waals surface area contributed by atoms with Crippen LogP contribution in [0, 0.1) is 5.82 Å². The molecule has 0 atom stereocenters. The summed E-state index contributed by atoms with van der Waals surface area (Å²) in [5.74, 6) is -0.141. The van der Waals surface area contributed by atoms with Crippen LogP contribution >= 0.6 is 0 Å². The standard InChI is InChI=1S/C21H18FNO4/c1-13(2)12-26-19-11-14(8-9-18(19)25-3)10-17-21(24)27-20(23-17)15-6-4-5-7-16(15)22/h4-11H,1,12H2,2-3H3/b17-10-. The van der Waals surface area contributed by atoms with Gasteiger partial charge in [-0.2, -0.15) is 0 Å². The zero-order valence-electron chi connectivity index (χ0n) is 15.0. The first-order valence-electron chi connectivity index (χ1n) is 8.20. The molecule has 27 heavy (non-hydrogen) atoms. The van der Waals surface area contributed by atoms with E-state index in [0.29, 0.717) is 23.7 Å². The highest BCUT2D eigenvalue weighted by molar-refractivity contribution is 6.12. The number of nitrogens with zero attached hydrogens (tertiary/aromatic N) is 1. The predicted molar refractivity (Wildman–Crippen MR) is 100 cm³/mol. The van der Waals surface area contributed by atoms with Crippen molar-refractivity contribution in [2.45, 2.75) is 6.92 Å². The summed E-state index contributed by atoms with van der Waals surface area (Å²) in [4.78, 5) is 16.2. The monoisotopic (exact) mass is 367 g/mol. The molecule has 5 nitrogen and oxygen atoms in total. The summed E-state index contributed by atoms with van der Waals surface area (Å²) in [5.41, 5.74) is 1.73. The van der Waals surface area contributed by atoms with Crippen molar-refractivity contribution in [3.05, 3.63) is 77.3 Å². The van der Waals surface area contributed by atoms with Gasteiger partial charge in [0.15, 0.2) is 17.2 Å². The number of carbonyl (C=O) groups excluding carboxylic acids is 1. The quantitative estimate of drug-likeness (QED) is 0.438. The number of methoxy groups -OCH3 is 1. The molecule has 2 aromatic carbocycles. The molecule has 0 amide bonds.